The van der Waals surface area contributed by atoms with Crippen molar-refractivity contribution in [1.82, 2.24) is 31.1 Å². The molecule has 5 amide bonds. The lowest BCUT2D eigenvalue weighted by Crippen LogP contribution is -2.61. The van der Waals surface area contributed by atoms with Gasteiger partial charge in [0.2, 0.25) is 29.5 Å². The number of fused-ring (bicyclic) bond motifs is 1. The standard InChI is InChI=1S/C49H78N6O12/c1-14-29(8)40-38(56)25-39(57)67-43(28(6)7)42(58)30(9)44(59)51-35(23-27(4)5)47(62)55-21-15-16-36(55)48(63)54(12)37(24-32-17-19-33(65-13)20-18-32)49(64)66-31(10)41(46(61)52-40)53-45(60)34(50-11)22-26(2)3/h17-20,26-31,34-38,40-41,43,50,56H,14-16,21-25H2,1-13H3,(H,51,59)(H,52,61)(H,53,60)/t29-,30-,31-,34+,35+,36-,37-,38+,40-,41-,43-/m0/s1. The summed E-state index contributed by atoms with van der Waals surface area (Å²) >= 11 is 0. The molecule has 0 aliphatic carbocycles. The molecule has 0 radical (unpaired) electrons. The molecule has 0 unspecified atom stereocenters. The lowest BCUT2D eigenvalue weighted by atomic mass is 9.91. The topological polar surface area (TPSA) is 239 Å². The number of methoxy groups -OCH3 is 1. The Kier molecular flexibility index (Phi) is 21.7. The lowest BCUT2D eigenvalue weighted by Gasteiger charge is -2.35. The van der Waals surface area contributed by atoms with Gasteiger partial charge in [0, 0.05) is 20.0 Å². The highest BCUT2D eigenvalue weighted by atomic mass is 16.6. The van der Waals surface area contributed by atoms with Gasteiger partial charge in [0.25, 0.3) is 0 Å². The minimum Gasteiger partial charge on any atom is -0.497 e. The van der Waals surface area contributed by atoms with Crippen molar-refractivity contribution < 1.29 is 57.7 Å². The van der Waals surface area contributed by atoms with Crippen LogP contribution in [0.3, 0.4) is 0 Å². The van der Waals surface area contributed by atoms with Crippen LogP contribution in [-0.4, -0.2) is 144 Å². The van der Waals surface area contributed by atoms with Gasteiger partial charge < -0.3 is 50.4 Å². The van der Waals surface area contributed by atoms with Gasteiger partial charge in [0.1, 0.15) is 36.0 Å². The van der Waals surface area contributed by atoms with Crippen molar-refractivity contribution in [1.29, 1.82) is 0 Å². The highest BCUT2D eigenvalue weighted by Crippen LogP contribution is 2.26. The smallest absolute Gasteiger partial charge is 0.329 e. The second kappa shape index (κ2) is 25.9. The molecule has 2 aliphatic heterocycles. The first-order chi connectivity index (χ1) is 31.4. The van der Waals surface area contributed by atoms with E-state index < -0.39 is 126 Å². The molecular formula is C49H78N6O12. The Morgan fingerprint density at radius 2 is 1.55 bits per heavy atom. The van der Waals surface area contributed by atoms with Gasteiger partial charge in [0.05, 0.1) is 37.6 Å². The number of likely N-dealkylation sites (N-methyl/N-ethyl adjacent to an activating group) is 2. The van der Waals surface area contributed by atoms with Crippen molar-refractivity contribution in [2.45, 2.75) is 169 Å². The fourth-order valence-electron chi connectivity index (χ4n) is 8.55. The predicted octanol–water partition coefficient (Wildman–Crippen LogP) is 2.71. The maximum Gasteiger partial charge on any atom is 0.329 e. The minimum atomic E-state index is -1.55. The van der Waals surface area contributed by atoms with E-state index in [-0.39, 0.29) is 37.6 Å². The number of hydrogen-bond donors (Lipinski definition) is 5. The number of rotatable bonds is 13. The number of benzene rings is 1. The van der Waals surface area contributed by atoms with Crippen molar-refractivity contribution in [3.63, 3.8) is 0 Å². The molecule has 0 bridgehead atoms. The molecule has 11 atom stereocenters. The fraction of sp³-hybridized carbons (Fsp3) is 0.714. The first kappa shape index (κ1) is 56.2. The molecule has 1 aromatic carbocycles. The van der Waals surface area contributed by atoms with Gasteiger partial charge in [0.15, 0.2) is 11.9 Å². The van der Waals surface area contributed by atoms with E-state index in [0.29, 0.717) is 30.6 Å². The minimum absolute atomic E-state index is 0.0500. The number of ketones is 1. The number of aliphatic hydroxyl groups excluding tert-OH is 1. The number of aliphatic hydroxyl groups is 1. The zero-order valence-corrected chi connectivity index (χ0v) is 41.9. The molecule has 18 nitrogen and oxygen atoms in total. The second-order valence-corrected chi connectivity index (χ2v) is 19.5. The molecule has 376 valence electrons. The number of Topliss-reactive ketones (excluding diaryl/α,β-unsaturated/α-hetero) is 1. The number of esters is 2. The maximum atomic E-state index is 14.7. The van der Waals surface area contributed by atoms with Crippen LogP contribution in [0.15, 0.2) is 24.3 Å². The summed E-state index contributed by atoms with van der Waals surface area (Å²) in [5.41, 5.74) is 0.631. The second-order valence-electron chi connectivity index (χ2n) is 19.5. The number of amides is 5. The van der Waals surface area contributed by atoms with Gasteiger partial charge in [-0.15, -0.1) is 0 Å². The summed E-state index contributed by atoms with van der Waals surface area (Å²) < 4.78 is 17.1. The Morgan fingerprint density at radius 1 is 0.910 bits per heavy atom. The van der Waals surface area contributed by atoms with Crippen LogP contribution in [0.2, 0.25) is 0 Å². The summed E-state index contributed by atoms with van der Waals surface area (Å²) in [4.78, 5) is 116. The van der Waals surface area contributed by atoms with Gasteiger partial charge in [-0.1, -0.05) is 73.9 Å². The highest BCUT2D eigenvalue weighted by Gasteiger charge is 2.44. The predicted molar refractivity (Wildman–Crippen MR) is 250 cm³/mol. The monoisotopic (exact) mass is 943 g/mol. The number of nitrogens with one attached hydrogen (secondary N) is 4. The van der Waals surface area contributed by atoms with Crippen LogP contribution in [0.5, 0.6) is 5.75 Å². The van der Waals surface area contributed by atoms with Crippen LogP contribution in [-0.2, 0) is 54.3 Å². The average Bonchev–Trinajstić information content (AvgIpc) is 3.77. The average molecular weight is 943 g/mol. The van der Waals surface area contributed by atoms with E-state index in [0.717, 1.165) is 0 Å². The zero-order chi connectivity index (χ0) is 50.4. The van der Waals surface area contributed by atoms with E-state index in [1.54, 1.807) is 52.1 Å². The third-order valence-corrected chi connectivity index (χ3v) is 12.9. The number of carbonyl (C=O) groups excluding carboxylic acids is 8. The molecule has 0 spiro atoms. The maximum absolute atomic E-state index is 14.7. The van der Waals surface area contributed by atoms with E-state index >= 15 is 0 Å². The molecule has 67 heavy (non-hydrogen) atoms. The van der Waals surface area contributed by atoms with Crippen molar-refractivity contribution in [3.05, 3.63) is 29.8 Å². The number of hydrogen-bond acceptors (Lipinski definition) is 13. The fourth-order valence-corrected chi connectivity index (χ4v) is 8.55. The summed E-state index contributed by atoms with van der Waals surface area (Å²) in [6, 6.07) is 0.0322. The Hall–Kier alpha value is -5.10. The molecular weight excluding hydrogens is 865 g/mol. The summed E-state index contributed by atoms with van der Waals surface area (Å²) in [5, 5.41) is 22.9. The van der Waals surface area contributed by atoms with E-state index in [9.17, 15) is 43.5 Å². The van der Waals surface area contributed by atoms with Crippen LogP contribution in [0.25, 0.3) is 0 Å². The normalized spacial score (nSPS) is 27.8. The summed E-state index contributed by atoms with van der Waals surface area (Å²) in [6.07, 6.45) is -3.30. The lowest BCUT2D eigenvalue weighted by molar-refractivity contribution is -0.163. The SMILES string of the molecule is CC[C@H](C)[C@@H]1NC(=O)[C@@H](NC(=O)[C@@H](CC(C)C)NC)[C@H](C)OC(=O)[C@H](Cc2ccc(OC)cc2)N(C)C(=O)[C@@H]2CCCN2C(=O)[C@@H](CC(C)C)NC(=O)[C@@H](C)C(=O)[C@H](C(C)C)OC(=O)C[C@H]1O. The van der Waals surface area contributed by atoms with E-state index in [1.807, 2.05) is 34.6 Å². The Bertz CT molecular complexity index is 1870. The van der Waals surface area contributed by atoms with Crippen molar-refractivity contribution in [2.75, 3.05) is 27.7 Å². The summed E-state index contributed by atoms with van der Waals surface area (Å²) in [7, 11) is 4.56. The van der Waals surface area contributed by atoms with E-state index in [4.69, 9.17) is 14.2 Å². The molecule has 2 heterocycles. The molecule has 0 aromatic heterocycles. The first-order valence-electron chi connectivity index (χ1n) is 23.9. The van der Waals surface area contributed by atoms with Crippen molar-refractivity contribution in [2.24, 2.45) is 29.6 Å². The van der Waals surface area contributed by atoms with Crippen LogP contribution in [0.1, 0.15) is 113 Å². The van der Waals surface area contributed by atoms with Gasteiger partial charge in [-0.2, -0.15) is 0 Å². The largest absolute Gasteiger partial charge is 0.497 e. The highest BCUT2D eigenvalue weighted by molar-refractivity contribution is 6.05. The first-order valence-corrected chi connectivity index (χ1v) is 23.9. The van der Waals surface area contributed by atoms with Crippen molar-refractivity contribution >= 4 is 47.3 Å². The van der Waals surface area contributed by atoms with Crippen molar-refractivity contribution in [3.8, 4) is 5.75 Å². The Balaban J connectivity index is 2.23. The van der Waals surface area contributed by atoms with Crippen LogP contribution >= 0.6 is 0 Å². The molecule has 1 aromatic rings. The number of carbonyl (C=O) groups is 8. The molecule has 0 saturated carbocycles. The molecule has 5 N–H and O–H groups in total. The molecule has 3 rings (SSSR count). The quantitative estimate of drug-likeness (QED) is 0.142. The Labute approximate surface area is 396 Å². The number of cyclic esters (lactones) is 2. The number of nitrogens with zero attached hydrogens (tertiary/aromatic N) is 2. The summed E-state index contributed by atoms with van der Waals surface area (Å²) in [5.74, 6) is -7.71. The van der Waals surface area contributed by atoms with Crippen LogP contribution in [0, 0.1) is 29.6 Å². The van der Waals surface area contributed by atoms with E-state index in [2.05, 4.69) is 21.3 Å². The third-order valence-electron chi connectivity index (χ3n) is 12.9. The summed E-state index contributed by atoms with van der Waals surface area (Å²) in [6.45, 7) is 17.4. The van der Waals surface area contributed by atoms with Crippen LogP contribution in [0.4, 0.5) is 0 Å². The molecule has 18 heteroatoms. The van der Waals surface area contributed by atoms with Gasteiger partial charge in [-0.3, -0.25) is 33.6 Å². The van der Waals surface area contributed by atoms with Gasteiger partial charge in [-0.25, -0.2) is 4.79 Å². The van der Waals surface area contributed by atoms with E-state index in [1.165, 1.54) is 37.8 Å². The number of ether oxygens (including phenoxy) is 3. The zero-order valence-electron chi connectivity index (χ0n) is 41.9. The van der Waals surface area contributed by atoms with Crippen LogP contribution < -0.4 is 26.0 Å². The van der Waals surface area contributed by atoms with Gasteiger partial charge >= 0.3 is 11.9 Å². The third kappa shape index (κ3) is 15.5. The Morgan fingerprint density at radius 3 is 2.10 bits per heavy atom. The molecule has 2 fully saturated rings. The molecule has 2 saturated heterocycles. The molecule has 2 aliphatic rings. The van der Waals surface area contributed by atoms with Gasteiger partial charge in [-0.05, 0) is 87.9 Å².